The summed E-state index contributed by atoms with van der Waals surface area (Å²) in [6.07, 6.45) is 6.21. The van der Waals surface area contributed by atoms with Gasteiger partial charge in [0.2, 0.25) is 0 Å². The number of aromatic nitrogens is 2. The molecule has 3 heteroatoms. The Morgan fingerprint density at radius 1 is 1.00 bits per heavy atom. The summed E-state index contributed by atoms with van der Waals surface area (Å²) in [5.41, 5.74) is 3.85. The molecule has 0 aliphatic carbocycles. The third-order valence-electron chi connectivity index (χ3n) is 3.48. The third-order valence-corrected chi connectivity index (χ3v) is 3.48. The molecule has 0 aliphatic heterocycles. The minimum Gasteiger partial charge on any atom is -0.313 e. The molecule has 0 radical (unpaired) electrons. The van der Waals surface area contributed by atoms with E-state index in [1.807, 2.05) is 23.0 Å². The zero-order valence-electron chi connectivity index (χ0n) is 11.5. The topological polar surface area (TPSA) is 29.3 Å². The Bertz CT molecular complexity index is 658. The summed E-state index contributed by atoms with van der Waals surface area (Å²) >= 11 is 0. The Morgan fingerprint density at radius 3 is 2.75 bits per heavy atom. The van der Waals surface area contributed by atoms with E-state index in [0.29, 0.717) is 0 Å². The predicted octanol–water partition coefficient (Wildman–Crippen LogP) is 3.06. The van der Waals surface area contributed by atoms with E-state index in [1.165, 1.54) is 16.6 Å². The molecule has 0 atom stereocenters. The summed E-state index contributed by atoms with van der Waals surface area (Å²) in [6, 6.07) is 16.8. The van der Waals surface area contributed by atoms with Crippen molar-refractivity contribution in [3.63, 3.8) is 0 Å². The summed E-state index contributed by atoms with van der Waals surface area (Å²) in [5, 5.41) is 7.84. The molecule has 3 rings (SSSR count). The fraction of sp³-hybridized carbons (Fsp3) is 0.235. The average Bonchev–Trinajstić information content (AvgIpc) is 2.91. The van der Waals surface area contributed by atoms with E-state index in [-0.39, 0.29) is 0 Å². The summed E-state index contributed by atoms with van der Waals surface area (Å²) in [6.45, 7) is 1.90. The SMILES string of the molecule is c1ccc(CCCNCc2cnn3ccccc23)cc1. The molecule has 2 aromatic heterocycles. The largest absolute Gasteiger partial charge is 0.313 e. The Kier molecular flexibility index (Phi) is 4.09. The Labute approximate surface area is 119 Å². The van der Waals surface area contributed by atoms with E-state index in [1.54, 1.807) is 0 Å². The van der Waals surface area contributed by atoms with Crippen LogP contribution in [0, 0.1) is 0 Å². The van der Waals surface area contributed by atoms with Gasteiger partial charge in [0.25, 0.3) is 0 Å². The molecule has 0 bridgehead atoms. The molecule has 1 N–H and O–H groups in total. The quantitative estimate of drug-likeness (QED) is 0.694. The molecule has 0 saturated carbocycles. The molecule has 2 heterocycles. The molecule has 102 valence electrons. The number of fused-ring (bicyclic) bond motifs is 1. The fourth-order valence-electron chi connectivity index (χ4n) is 2.41. The van der Waals surface area contributed by atoms with Crippen molar-refractivity contribution in [3.8, 4) is 0 Å². The van der Waals surface area contributed by atoms with Gasteiger partial charge in [-0.05, 0) is 37.1 Å². The summed E-state index contributed by atoms with van der Waals surface area (Å²) < 4.78 is 1.92. The van der Waals surface area contributed by atoms with Crippen LogP contribution in [-0.2, 0) is 13.0 Å². The smallest absolute Gasteiger partial charge is 0.0706 e. The van der Waals surface area contributed by atoms with Crippen LogP contribution in [0.25, 0.3) is 5.52 Å². The van der Waals surface area contributed by atoms with E-state index in [4.69, 9.17) is 0 Å². The first-order valence-corrected chi connectivity index (χ1v) is 7.09. The van der Waals surface area contributed by atoms with Crippen LogP contribution in [0.1, 0.15) is 17.5 Å². The van der Waals surface area contributed by atoms with Gasteiger partial charge in [0.05, 0.1) is 11.7 Å². The lowest BCUT2D eigenvalue weighted by Crippen LogP contribution is -2.15. The highest BCUT2D eigenvalue weighted by Gasteiger charge is 2.01. The Morgan fingerprint density at radius 2 is 1.85 bits per heavy atom. The fourth-order valence-corrected chi connectivity index (χ4v) is 2.41. The summed E-state index contributed by atoms with van der Waals surface area (Å²) in [5.74, 6) is 0. The zero-order valence-corrected chi connectivity index (χ0v) is 11.5. The van der Waals surface area contributed by atoms with Crippen LogP contribution in [-0.4, -0.2) is 16.2 Å². The molecule has 0 spiro atoms. The van der Waals surface area contributed by atoms with Crippen molar-refractivity contribution in [3.05, 3.63) is 72.1 Å². The molecule has 3 aromatic rings. The van der Waals surface area contributed by atoms with E-state index in [9.17, 15) is 0 Å². The van der Waals surface area contributed by atoms with Crippen LogP contribution in [0.5, 0.6) is 0 Å². The van der Waals surface area contributed by atoms with E-state index >= 15 is 0 Å². The van der Waals surface area contributed by atoms with Crippen LogP contribution in [0.4, 0.5) is 0 Å². The second-order valence-electron chi connectivity index (χ2n) is 4.97. The first-order valence-electron chi connectivity index (χ1n) is 7.09. The van der Waals surface area contributed by atoms with E-state index < -0.39 is 0 Å². The van der Waals surface area contributed by atoms with Gasteiger partial charge in [0.1, 0.15) is 0 Å². The molecule has 3 nitrogen and oxygen atoms in total. The number of benzene rings is 1. The van der Waals surface area contributed by atoms with Gasteiger partial charge in [-0.15, -0.1) is 0 Å². The molecule has 0 unspecified atom stereocenters. The number of nitrogens with zero attached hydrogens (tertiary/aromatic N) is 2. The number of pyridine rings is 1. The number of nitrogens with one attached hydrogen (secondary N) is 1. The monoisotopic (exact) mass is 265 g/mol. The number of hydrogen-bond acceptors (Lipinski definition) is 2. The number of aryl methyl sites for hydroxylation is 1. The Hall–Kier alpha value is -2.13. The molecular weight excluding hydrogens is 246 g/mol. The van der Waals surface area contributed by atoms with Gasteiger partial charge in [-0.1, -0.05) is 36.4 Å². The highest BCUT2D eigenvalue weighted by Crippen LogP contribution is 2.09. The lowest BCUT2D eigenvalue weighted by molar-refractivity contribution is 0.651. The van der Waals surface area contributed by atoms with Crippen molar-refractivity contribution in [1.82, 2.24) is 14.9 Å². The molecule has 20 heavy (non-hydrogen) atoms. The minimum absolute atomic E-state index is 0.877. The van der Waals surface area contributed by atoms with Gasteiger partial charge in [0.15, 0.2) is 0 Å². The van der Waals surface area contributed by atoms with Crippen molar-refractivity contribution in [2.75, 3.05) is 6.54 Å². The minimum atomic E-state index is 0.877. The summed E-state index contributed by atoms with van der Waals surface area (Å²) in [4.78, 5) is 0. The van der Waals surface area contributed by atoms with Gasteiger partial charge in [-0.2, -0.15) is 5.10 Å². The maximum absolute atomic E-state index is 4.34. The molecule has 0 fully saturated rings. The predicted molar refractivity (Wildman–Crippen MR) is 81.7 cm³/mol. The van der Waals surface area contributed by atoms with E-state index in [2.05, 4.69) is 52.9 Å². The second-order valence-corrected chi connectivity index (χ2v) is 4.97. The van der Waals surface area contributed by atoms with Crippen molar-refractivity contribution in [2.24, 2.45) is 0 Å². The standard InChI is InChI=1S/C17H19N3/c1-2-7-15(8-3-1)9-6-11-18-13-16-14-19-20-12-5-4-10-17(16)20/h1-5,7-8,10,12,14,18H,6,9,11,13H2. The highest BCUT2D eigenvalue weighted by molar-refractivity contribution is 5.53. The first kappa shape index (κ1) is 12.9. The molecule has 1 aromatic carbocycles. The van der Waals surface area contributed by atoms with Crippen molar-refractivity contribution in [1.29, 1.82) is 0 Å². The van der Waals surface area contributed by atoms with Gasteiger partial charge in [-0.3, -0.25) is 0 Å². The summed E-state index contributed by atoms with van der Waals surface area (Å²) in [7, 11) is 0. The van der Waals surface area contributed by atoms with Crippen LogP contribution in [0.15, 0.2) is 60.9 Å². The third kappa shape index (κ3) is 3.06. The van der Waals surface area contributed by atoms with Gasteiger partial charge >= 0.3 is 0 Å². The lowest BCUT2D eigenvalue weighted by Gasteiger charge is -2.04. The van der Waals surface area contributed by atoms with Crippen LogP contribution in [0.3, 0.4) is 0 Å². The second kappa shape index (κ2) is 6.35. The molecule has 0 amide bonds. The molecule has 0 aliphatic rings. The normalized spacial score (nSPS) is 11.0. The maximum Gasteiger partial charge on any atom is 0.0706 e. The number of rotatable bonds is 6. The highest BCUT2D eigenvalue weighted by atomic mass is 15.2. The van der Waals surface area contributed by atoms with E-state index in [0.717, 1.165) is 25.9 Å². The Balaban J connectivity index is 1.46. The number of hydrogen-bond donors (Lipinski definition) is 1. The average molecular weight is 265 g/mol. The first-order chi connectivity index (χ1) is 9.93. The van der Waals surface area contributed by atoms with Crippen LogP contribution in [0.2, 0.25) is 0 Å². The lowest BCUT2D eigenvalue weighted by atomic mass is 10.1. The van der Waals surface area contributed by atoms with Crippen LogP contribution < -0.4 is 5.32 Å². The van der Waals surface area contributed by atoms with Crippen molar-refractivity contribution >= 4 is 5.52 Å². The molecular formula is C17H19N3. The maximum atomic E-state index is 4.34. The van der Waals surface area contributed by atoms with Gasteiger partial charge in [-0.25, -0.2) is 4.52 Å². The van der Waals surface area contributed by atoms with Crippen molar-refractivity contribution in [2.45, 2.75) is 19.4 Å². The van der Waals surface area contributed by atoms with Crippen LogP contribution >= 0.6 is 0 Å². The van der Waals surface area contributed by atoms with Crippen molar-refractivity contribution < 1.29 is 0 Å². The van der Waals surface area contributed by atoms with Gasteiger partial charge < -0.3 is 5.32 Å². The molecule has 0 saturated heterocycles. The zero-order chi connectivity index (χ0) is 13.6. The van der Waals surface area contributed by atoms with Gasteiger partial charge in [0, 0.05) is 18.3 Å².